The molecule has 9 heteroatoms. The molecule has 1 fully saturated rings. The van der Waals surface area contributed by atoms with Gasteiger partial charge in [-0.25, -0.2) is 13.2 Å². The van der Waals surface area contributed by atoms with Gasteiger partial charge in [-0.05, 0) is 37.1 Å². The number of methoxy groups -OCH3 is 1. The van der Waals surface area contributed by atoms with E-state index >= 15 is 0 Å². The summed E-state index contributed by atoms with van der Waals surface area (Å²) in [5, 5.41) is 2.55. The van der Waals surface area contributed by atoms with E-state index < -0.39 is 34.4 Å². The zero-order chi connectivity index (χ0) is 19.9. The Balaban J connectivity index is 1.82. The highest BCUT2D eigenvalue weighted by atomic mass is 32.2. The van der Waals surface area contributed by atoms with Crippen LogP contribution in [0.4, 0.5) is 0 Å². The van der Waals surface area contributed by atoms with Crippen molar-refractivity contribution in [3.63, 3.8) is 0 Å². The average Bonchev–Trinajstić information content (AvgIpc) is 2.97. The molecular formula is C18H23NO7S. The number of amides is 1. The maximum Gasteiger partial charge on any atom is 0.331 e. The van der Waals surface area contributed by atoms with Crippen LogP contribution in [0.2, 0.25) is 0 Å². The third-order valence-electron chi connectivity index (χ3n) is 3.84. The first kappa shape index (κ1) is 20.8. The minimum absolute atomic E-state index is 0.0615. The number of esters is 1. The lowest BCUT2D eigenvalue weighted by Gasteiger charge is -2.10. The van der Waals surface area contributed by atoms with Gasteiger partial charge in [0, 0.05) is 12.1 Å². The second-order valence-electron chi connectivity index (χ2n) is 5.95. The second-order valence-corrected chi connectivity index (χ2v) is 8.18. The third-order valence-corrected chi connectivity index (χ3v) is 5.61. The van der Waals surface area contributed by atoms with Crippen molar-refractivity contribution in [1.82, 2.24) is 5.32 Å². The lowest BCUT2D eigenvalue weighted by molar-refractivity contribution is -0.143. The predicted octanol–water partition coefficient (Wildman–Crippen LogP) is 0.954. The van der Waals surface area contributed by atoms with Gasteiger partial charge in [0.15, 0.2) is 27.9 Å². The van der Waals surface area contributed by atoms with Gasteiger partial charge in [-0.3, -0.25) is 4.79 Å². The molecule has 1 saturated heterocycles. The van der Waals surface area contributed by atoms with E-state index in [9.17, 15) is 18.0 Å². The lowest BCUT2D eigenvalue weighted by atomic mass is 10.2. The van der Waals surface area contributed by atoms with Crippen molar-refractivity contribution in [2.45, 2.75) is 19.4 Å². The molecule has 148 valence electrons. The summed E-state index contributed by atoms with van der Waals surface area (Å²) < 4.78 is 38.2. The standard InChI is InChI=1S/C18H23NO7S/c1-3-25-15-6-4-13(10-16(15)24-2)5-7-18(21)26-11-17(20)19-14-8-9-27(22,23)12-14/h4-7,10,14H,3,8-9,11-12H2,1-2H3,(H,19,20)/b7-5+/t14-/m1/s1. The first-order chi connectivity index (χ1) is 12.8. The van der Waals surface area contributed by atoms with Gasteiger partial charge in [0.2, 0.25) is 0 Å². The van der Waals surface area contributed by atoms with E-state index in [0.717, 1.165) is 0 Å². The van der Waals surface area contributed by atoms with Gasteiger partial charge < -0.3 is 19.5 Å². The van der Waals surface area contributed by atoms with Crippen LogP contribution in [0.5, 0.6) is 11.5 Å². The SMILES string of the molecule is CCOc1ccc(/C=C/C(=O)OCC(=O)N[C@@H]2CCS(=O)(=O)C2)cc1OC. The number of hydrogen-bond donors (Lipinski definition) is 1. The van der Waals surface area contributed by atoms with Crippen LogP contribution in [-0.2, 0) is 24.2 Å². The summed E-state index contributed by atoms with van der Waals surface area (Å²) in [7, 11) is -1.56. The van der Waals surface area contributed by atoms with E-state index in [1.807, 2.05) is 6.92 Å². The Morgan fingerprint density at radius 2 is 2.07 bits per heavy atom. The number of carbonyl (C=O) groups is 2. The van der Waals surface area contributed by atoms with Crippen LogP contribution in [0, 0.1) is 0 Å². The van der Waals surface area contributed by atoms with E-state index in [-0.39, 0.29) is 11.5 Å². The summed E-state index contributed by atoms with van der Waals surface area (Å²) in [6, 6.07) is 4.77. The number of nitrogens with one attached hydrogen (secondary N) is 1. The van der Waals surface area contributed by atoms with Gasteiger partial charge in [0.1, 0.15) is 0 Å². The first-order valence-electron chi connectivity index (χ1n) is 8.48. The molecule has 2 rings (SSSR count). The summed E-state index contributed by atoms with van der Waals surface area (Å²) in [5.74, 6) is -0.0831. The Kier molecular flexibility index (Phi) is 7.23. The molecular weight excluding hydrogens is 374 g/mol. The molecule has 0 saturated carbocycles. The molecule has 1 aromatic carbocycles. The fourth-order valence-corrected chi connectivity index (χ4v) is 4.26. The smallest absolute Gasteiger partial charge is 0.331 e. The average molecular weight is 397 g/mol. The summed E-state index contributed by atoms with van der Waals surface area (Å²) in [5.41, 5.74) is 0.702. The number of carbonyl (C=O) groups excluding carboxylic acids is 2. The Labute approximate surface area is 158 Å². The van der Waals surface area contributed by atoms with E-state index in [0.29, 0.717) is 30.1 Å². The molecule has 27 heavy (non-hydrogen) atoms. The monoisotopic (exact) mass is 397 g/mol. The van der Waals surface area contributed by atoms with E-state index in [1.165, 1.54) is 19.3 Å². The Morgan fingerprint density at radius 1 is 1.30 bits per heavy atom. The molecule has 0 aliphatic carbocycles. The van der Waals surface area contributed by atoms with Gasteiger partial charge in [-0.2, -0.15) is 0 Å². The third kappa shape index (κ3) is 6.59. The van der Waals surface area contributed by atoms with Crippen LogP contribution in [0.25, 0.3) is 6.08 Å². The molecule has 1 aromatic rings. The summed E-state index contributed by atoms with van der Waals surface area (Å²) >= 11 is 0. The highest BCUT2D eigenvalue weighted by molar-refractivity contribution is 7.91. The molecule has 1 aliphatic heterocycles. The number of hydrogen-bond acceptors (Lipinski definition) is 7. The highest BCUT2D eigenvalue weighted by Crippen LogP contribution is 2.28. The number of ether oxygens (including phenoxy) is 3. The van der Waals surface area contributed by atoms with Gasteiger partial charge in [0.25, 0.3) is 5.91 Å². The van der Waals surface area contributed by atoms with E-state index in [2.05, 4.69) is 5.32 Å². The van der Waals surface area contributed by atoms with Crippen molar-refractivity contribution in [1.29, 1.82) is 0 Å². The molecule has 1 atom stereocenters. The second kappa shape index (κ2) is 9.40. The normalized spacial score (nSPS) is 18.2. The minimum atomic E-state index is -3.08. The zero-order valence-corrected chi connectivity index (χ0v) is 16.1. The molecule has 1 heterocycles. The van der Waals surface area contributed by atoms with Gasteiger partial charge in [-0.1, -0.05) is 6.07 Å². The van der Waals surface area contributed by atoms with Gasteiger partial charge in [-0.15, -0.1) is 0 Å². The van der Waals surface area contributed by atoms with Crippen molar-refractivity contribution < 1.29 is 32.2 Å². The number of benzene rings is 1. The molecule has 0 aromatic heterocycles. The Morgan fingerprint density at radius 3 is 2.70 bits per heavy atom. The minimum Gasteiger partial charge on any atom is -0.493 e. The Bertz CT molecular complexity index is 817. The zero-order valence-electron chi connectivity index (χ0n) is 15.3. The summed E-state index contributed by atoms with van der Waals surface area (Å²) in [4.78, 5) is 23.5. The van der Waals surface area contributed by atoms with Crippen molar-refractivity contribution >= 4 is 27.8 Å². The van der Waals surface area contributed by atoms with Crippen LogP contribution in [0.3, 0.4) is 0 Å². The Hall–Kier alpha value is -2.55. The molecule has 0 bridgehead atoms. The molecule has 1 N–H and O–H groups in total. The quantitative estimate of drug-likeness (QED) is 0.514. The first-order valence-corrected chi connectivity index (χ1v) is 10.3. The molecule has 0 radical (unpaired) electrons. The van der Waals surface area contributed by atoms with E-state index in [1.54, 1.807) is 18.2 Å². The maximum atomic E-state index is 11.7. The van der Waals surface area contributed by atoms with Crippen molar-refractivity contribution in [3.8, 4) is 11.5 Å². The van der Waals surface area contributed by atoms with Crippen LogP contribution < -0.4 is 14.8 Å². The fraction of sp³-hybridized carbons (Fsp3) is 0.444. The molecule has 8 nitrogen and oxygen atoms in total. The topological polar surface area (TPSA) is 108 Å². The van der Waals surface area contributed by atoms with Crippen LogP contribution in [0.1, 0.15) is 18.9 Å². The number of sulfone groups is 1. The fourth-order valence-electron chi connectivity index (χ4n) is 2.59. The van der Waals surface area contributed by atoms with Gasteiger partial charge in [0.05, 0.1) is 25.2 Å². The van der Waals surface area contributed by atoms with Crippen molar-refractivity contribution in [2.24, 2.45) is 0 Å². The highest BCUT2D eigenvalue weighted by Gasteiger charge is 2.28. The maximum absolute atomic E-state index is 11.7. The predicted molar refractivity (Wildman–Crippen MR) is 99.4 cm³/mol. The summed E-state index contributed by atoms with van der Waals surface area (Å²) in [6.45, 7) is 1.91. The van der Waals surface area contributed by atoms with Crippen LogP contribution in [0.15, 0.2) is 24.3 Å². The van der Waals surface area contributed by atoms with Crippen LogP contribution in [-0.4, -0.2) is 58.2 Å². The molecule has 0 spiro atoms. The molecule has 1 amide bonds. The molecule has 1 aliphatic rings. The largest absolute Gasteiger partial charge is 0.493 e. The van der Waals surface area contributed by atoms with Gasteiger partial charge >= 0.3 is 5.97 Å². The van der Waals surface area contributed by atoms with Crippen molar-refractivity contribution in [3.05, 3.63) is 29.8 Å². The molecule has 0 unspecified atom stereocenters. The number of rotatable bonds is 8. The lowest BCUT2D eigenvalue weighted by Crippen LogP contribution is -2.38. The van der Waals surface area contributed by atoms with Crippen molar-refractivity contribution in [2.75, 3.05) is 31.8 Å². The van der Waals surface area contributed by atoms with Crippen LogP contribution >= 0.6 is 0 Å². The van der Waals surface area contributed by atoms with E-state index in [4.69, 9.17) is 14.2 Å². The summed E-state index contributed by atoms with van der Waals surface area (Å²) in [6.07, 6.45) is 3.10.